The second-order valence-corrected chi connectivity index (χ2v) is 7.08. The number of piperidine rings is 1. The number of likely N-dealkylation sites (tertiary alicyclic amines) is 1. The molecule has 0 aliphatic carbocycles. The number of aromatic hydroxyl groups is 1. The molecule has 0 aromatic heterocycles. The molecule has 1 fully saturated rings. The van der Waals surface area contributed by atoms with Gasteiger partial charge in [-0.15, -0.1) is 0 Å². The lowest BCUT2D eigenvalue weighted by Crippen LogP contribution is -2.29. The lowest BCUT2D eigenvalue weighted by atomic mass is 9.91. The van der Waals surface area contributed by atoms with Crippen LogP contribution in [-0.4, -0.2) is 29.0 Å². The molecule has 1 heterocycles. The van der Waals surface area contributed by atoms with Crippen LogP contribution in [0.5, 0.6) is 5.75 Å². The molecule has 132 valence electrons. The van der Waals surface area contributed by atoms with Gasteiger partial charge < -0.3 is 10.4 Å². The van der Waals surface area contributed by atoms with Crippen molar-refractivity contribution >= 4 is 11.6 Å². The summed E-state index contributed by atoms with van der Waals surface area (Å²) < 4.78 is 0. The van der Waals surface area contributed by atoms with Crippen molar-refractivity contribution in [1.29, 1.82) is 0 Å². The van der Waals surface area contributed by atoms with Crippen LogP contribution >= 0.6 is 0 Å². The van der Waals surface area contributed by atoms with E-state index in [2.05, 4.69) is 16.8 Å². The molecule has 24 heavy (non-hydrogen) atoms. The highest BCUT2D eigenvalue weighted by molar-refractivity contribution is 5.91. The molecule has 2 N–H and O–H groups in total. The van der Waals surface area contributed by atoms with Crippen molar-refractivity contribution in [2.24, 2.45) is 0 Å². The van der Waals surface area contributed by atoms with Gasteiger partial charge in [0.2, 0.25) is 5.91 Å². The van der Waals surface area contributed by atoms with Gasteiger partial charge >= 0.3 is 0 Å². The highest BCUT2D eigenvalue weighted by Crippen LogP contribution is 2.38. The summed E-state index contributed by atoms with van der Waals surface area (Å²) in [5.74, 6) is 0.282. The summed E-state index contributed by atoms with van der Waals surface area (Å²) in [6, 6.07) is 0. The standard InChI is InChI=1S/C20H30N2O2/c1-13(2)11-17-14(3)19(21-16(5)23)15(4)18(20(17)24)12-22-9-7-6-8-10-22/h24H,1,6-12H2,2-5H3,(H,21,23). The maximum Gasteiger partial charge on any atom is 0.221 e. The third kappa shape index (κ3) is 4.18. The van der Waals surface area contributed by atoms with Crippen LogP contribution in [0.1, 0.15) is 55.4 Å². The number of amides is 1. The maximum absolute atomic E-state index is 11.6. The fourth-order valence-corrected chi connectivity index (χ4v) is 3.54. The first kappa shape index (κ1) is 18.5. The molecule has 0 radical (unpaired) electrons. The van der Waals surface area contributed by atoms with Crippen LogP contribution in [0.25, 0.3) is 0 Å². The minimum absolute atomic E-state index is 0.0860. The van der Waals surface area contributed by atoms with Crippen molar-refractivity contribution in [3.63, 3.8) is 0 Å². The smallest absolute Gasteiger partial charge is 0.221 e. The average molecular weight is 330 g/mol. The number of allylic oxidation sites excluding steroid dienone is 1. The molecule has 0 saturated carbocycles. The Morgan fingerprint density at radius 1 is 1.12 bits per heavy atom. The molecule has 0 bridgehead atoms. The van der Waals surface area contributed by atoms with E-state index in [4.69, 9.17) is 0 Å². The first-order chi connectivity index (χ1) is 11.3. The Kier molecular flexibility index (Phi) is 6.05. The SMILES string of the molecule is C=C(C)Cc1c(C)c(NC(C)=O)c(C)c(CN2CCCCC2)c1O. The molecule has 1 saturated heterocycles. The van der Waals surface area contributed by atoms with Gasteiger partial charge in [-0.05, 0) is 64.3 Å². The molecular weight excluding hydrogens is 300 g/mol. The van der Waals surface area contributed by atoms with Gasteiger partial charge in [-0.2, -0.15) is 0 Å². The Hall–Kier alpha value is -1.81. The van der Waals surface area contributed by atoms with Gasteiger partial charge in [-0.3, -0.25) is 9.69 Å². The van der Waals surface area contributed by atoms with E-state index in [0.717, 1.165) is 53.1 Å². The monoisotopic (exact) mass is 330 g/mol. The Morgan fingerprint density at radius 2 is 1.71 bits per heavy atom. The zero-order valence-electron chi connectivity index (χ0n) is 15.5. The van der Waals surface area contributed by atoms with Crippen molar-refractivity contribution in [3.8, 4) is 5.75 Å². The summed E-state index contributed by atoms with van der Waals surface area (Å²) in [7, 11) is 0. The number of phenols is 1. The molecule has 1 aliphatic rings. The van der Waals surface area contributed by atoms with Gasteiger partial charge in [-0.25, -0.2) is 0 Å². The Balaban J connectivity index is 2.49. The first-order valence-electron chi connectivity index (χ1n) is 8.79. The van der Waals surface area contributed by atoms with Gasteiger partial charge in [0.1, 0.15) is 5.75 Å². The van der Waals surface area contributed by atoms with Crippen LogP contribution in [0.4, 0.5) is 5.69 Å². The van der Waals surface area contributed by atoms with Crippen LogP contribution in [0.15, 0.2) is 12.2 Å². The number of hydrogen-bond donors (Lipinski definition) is 2. The van der Waals surface area contributed by atoms with Crippen molar-refractivity contribution < 1.29 is 9.90 Å². The van der Waals surface area contributed by atoms with E-state index in [1.807, 2.05) is 20.8 Å². The number of rotatable bonds is 5. The average Bonchev–Trinajstić information content (AvgIpc) is 2.53. The lowest BCUT2D eigenvalue weighted by molar-refractivity contribution is -0.114. The number of carbonyl (C=O) groups excluding carboxylic acids is 1. The molecular formula is C20H30N2O2. The van der Waals surface area contributed by atoms with Crippen molar-refractivity contribution in [1.82, 2.24) is 4.90 Å². The quantitative estimate of drug-likeness (QED) is 0.632. The van der Waals surface area contributed by atoms with Crippen molar-refractivity contribution in [2.45, 2.75) is 59.9 Å². The number of nitrogens with one attached hydrogen (secondary N) is 1. The minimum atomic E-state index is -0.0860. The second-order valence-electron chi connectivity index (χ2n) is 7.08. The third-order valence-corrected chi connectivity index (χ3v) is 4.84. The predicted octanol–water partition coefficient (Wildman–Crippen LogP) is 4.07. The Labute approximate surface area is 145 Å². The summed E-state index contributed by atoms with van der Waals surface area (Å²) in [4.78, 5) is 14.0. The molecule has 0 unspecified atom stereocenters. The predicted molar refractivity (Wildman–Crippen MR) is 99.5 cm³/mol. The number of benzene rings is 1. The number of anilines is 1. The van der Waals surface area contributed by atoms with Crippen LogP contribution in [-0.2, 0) is 17.8 Å². The first-order valence-corrected chi connectivity index (χ1v) is 8.79. The molecule has 4 heteroatoms. The van der Waals surface area contributed by atoms with Crippen LogP contribution in [0.3, 0.4) is 0 Å². The molecule has 0 atom stereocenters. The highest BCUT2D eigenvalue weighted by Gasteiger charge is 2.22. The summed E-state index contributed by atoms with van der Waals surface area (Å²) in [5.41, 5.74) is 5.55. The highest BCUT2D eigenvalue weighted by atomic mass is 16.3. The summed E-state index contributed by atoms with van der Waals surface area (Å²) in [5, 5.41) is 13.9. The molecule has 2 rings (SSSR count). The van der Waals surface area contributed by atoms with Crippen molar-refractivity contribution in [3.05, 3.63) is 34.4 Å². The molecule has 1 aliphatic heterocycles. The summed E-state index contributed by atoms with van der Waals surface area (Å²) >= 11 is 0. The number of carbonyl (C=O) groups is 1. The van der Waals surface area contributed by atoms with Crippen molar-refractivity contribution in [2.75, 3.05) is 18.4 Å². The Bertz CT molecular complexity index is 601. The topological polar surface area (TPSA) is 52.6 Å². The zero-order chi connectivity index (χ0) is 17.9. The van der Waals surface area contributed by atoms with Gasteiger partial charge in [0.05, 0.1) is 0 Å². The van der Waals surface area contributed by atoms with Crippen LogP contribution < -0.4 is 5.32 Å². The van der Waals surface area contributed by atoms with E-state index in [9.17, 15) is 9.90 Å². The normalized spacial score (nSPS) is 15.3. The largest absolute Gasteiger partial charge is 0.507 e. The number of nitrogens with zero attached hydrogens (tertiary/aromatic N) is 1. The van der Waals surface area contributed by atoms with E-state index < -0.39 is 0 Å². The minimum Gasteiger partial charge on any atom is -0.507 e. The van der Waals surface area contributed by atoms with Crippen LogP contribution in [0, 0.1) is 13.8 Å². The Morgan fingerprint density at radius 3 is 2.25 bits per heavy atom. The van der Waals surface area contributed by atoms with Gasteiger partial charge in [-0.1, -0.05) is 18.6 Å². The van der Waals surface area contributed by atoms with Gasteiger partial charge in [0, 0.05) is 30.3 Å². The lowest BCUT2D eigenvalue weighted by Gasteiger charge is -2.29. The van der Waals surface area contributed by atoms with E-state index in [-0.39, 0.29) is 5.91 Å². The molecule has 1 aromatic carbocycles. The molecule has 0 spiro atoms. The number of phenolic OH excluding ortho intramolecular Hbond substituents is 1. The zero-order valence-corrected chi connectivity index (χ0v) is 15.5. The maximum atomic E-state index is 11.6. The molecule has 1 amide bonds. The summed E-state index contributed by atoms with van der Waals surface area (Å²) in [6.45, 7) is 14.3. The fourth-order valence-electron chi connectivity index (χ4n) is 3.54. The third-order valence-electron chi connectivity index (χ3n) is 4.84. The van der Waals surface area contributed by atoms with Crippen LogP contribution in [0.2, 0.25) is 0 Å². The van der Waals surface area contributed by atoms with E-state index in [0.29, 0.717) is 12.2 Å². The van der Waals surface area contributed by atoms with E-state index in [1.54, 1.807) is 0 Å². The number of hydrogen-bond acceptors (Lipinski definition) is 3. The molecule has 4 nitrogen and oxygen atoms in total. The van der Waals surface area contributed by atoms with E-state index >= 15 is 0 Å². The molecule has 1 aromatic rings. The fraction of sp³-hybridized carbons (Fsp3) is 0.550. The summed E-state index contributed by atoms with van der Waals surface area (Å²) in [6.07, 6.45) is 4.33. The van der Waals surface area contributed by atoms with Gasteiger partial charge in [0.25, 0.3) is 0 Å². The second kappa shape index (κ2) is 7.84. The van der Waals surface area contributed by atoms with Gasteiger partial charge in [0.15, 0.2) is 0 Å². The van der Waals surface area contributed by atoms with E-state index in [1.165, 1.54) is 26.2 Å².